The Balaban J connectivity index is 1.61. The molecular formula is C18H25N5O2. The van der Waals surface area contributed by atoms with E-state index >= 15 is 0 Å². The zero-order valence-electron chi connectivity index (χ0n) is 14.8. The molecule has 0 unspecified atom stereocenters. The number of aromatic nitrogens is 2. The molecule has 25 heavy (non-hydrogen) atoms. The van der Waals surface area contributed by atoms with Crippen LogP contribution in [-0.2, 0) is 4.74 Å². The molecule has 1 saturated heterocycles. The van der Waals surface area contributed by atoms with Crippen molar-refractivity contribution in [2.75, 3.05) is 68.7 Å². The zero-order valence-corrected chi connectivity index (χ0v) is 14.8. The van der Waals surface area contributed by atoms with Crippen LogP contribution in [-0.4, -0.2) is 63.5 Å². The fourth-order valence-corrected chi connectivity index (χ4v) is 2.97. The van der Waals surface area contributed by atoms with Crippen LogP contribution in [0.25, 0.3) is 0 Å². The van der Waals surface area contributed by atoms with Gasteiger partial charge in [-0.1, -0.05) is 12.1 Å². The van der Waals surface area contributed by atoms with E-state index in [0.717, 1.165) is 55.8 Å². The van der Waals surface area contributed by atoms with E-state index in [1.807, 2.05) is 24.3 Å². The summed E-state index contributed by atoms with van der Waals surface area (Å²) in [4.78, 5) is 13.3. The maximum atomic E-state index is 5.48. The van der Waals surface area contributed by atoms with Crippen LogP contribution in [0.5, 0.6) is 5.75 Å². The molecule has 0 amide bonds. The molecule has 7 heteroatoms. The average molecular weight is 343 g/mol. The van der Waals surface area contributed by atoms with Gasteiger partial charge in [0, 0.05) is 45.9 Å². The fourth-order valence-electron chi connectivity index (χ4n) is 2.97. The Morgan fingerprint density at radius 2 is 1.80 bits per heavy atom. The lowest BCUT2D eigenvalue weighted by molar-refractivity contribution is 0.210. The van der Waals surface area contributed by atoms with Crippen molar-refractivity contribution in [1.29, 1.82) is 0 Å². The van der Waals surface area contributed by atoms with Crippen molar-refractivity contribution in [1.82, 2.24) is 9.97 Å². The van der Waals surface area contributed by atoms with Gasteiger partial charge in [0.2, 0.25) is 0 Å². The Labute approximate surface area is 148 Å². The van der Waals surface area contributed by atoms with Crippen molar-refractivity contribution < 1.29 is 9.47 Å². The van der Waals surface area contributed by atoms with Gasteiger partial charge in [-0.2, -0.15) is 0 Å². The third-order valence-electron chi connectivity index (χ3n) is 4.29. The number of benzene rings is 1. The summed E-state index contributed by atoms with van der Waals surface area (Å²) < 4.78 is 10.5. The van der Waals surface area contributed by atoms with Gasteiger partial charge in [-0.05, 0) is 12.1 Å². The van der Waals surface area contributed by atoms with Crippen LogP contribution in [0.1, 0.15) is 0 Å². The van der Waals surface area contributed by atoms with E-state index in [0.29, 0.717) is 6.61 Å². The molecule has 0 atom stereocenters. The van der Waals surface area contributed by atoms with E-state index in [-0.39, 0.29) is 0 Å². The Kier molecular flexibility index (Phi) is 5.90. The van der Waals surface area contributed by atoms with Gasteiger partial charge in [-0.15, -0.1) is 0 Å². The summed E-state index contributed by atoms with van der Waals surface area (Å²) in [7, 11) is 3.41. The second-order valence-corrected chi connectivity index (χ2v) is 5.83. The smallest absolute Gasteiger partial charge is 0.142 e. The van der Waals surface area contributed by atoms with Crippen LogP contribution in [0.3, 0.4) is 0 Å². The van der Waals surface area contributed by atoms with Gasteiger partial charge in [-0.25, -0.2) is 9.97 Å². The lowest BCUT2D eigenvalue weighted by atomic mass is 10.2. The van der Waals surface area contributed by atoms with E-state index in [1.165, 1.54) is 0 Å². The summed E-state index contributed by atoms with van der Waals surface area (Å²) in [6, 6.07) is 10.2. The zero-order chi connectivity index (χ0) is 17.5. The molecule has 3 rings (SSSR count). The topological polar surface area (TPSA) is 62.8 Å². The van der Waals surface area contributed by atoms with Crippen molar-refractivity contribution in [2.45, 2.75) is 0 Å². The lowest BCUT2D eigenvalue weighted by Gasteiger charge is -2.37. The minimum absolute atomic E-state index is 0.650. The van der Waals surface area contributed by atoms with E-state index in [4.69, 9.17) is 9.47 Å². The number of nitrogens with one attached hydrogen (secondary N) is 1. The Morgan fingerprint density at radius 3 is 2.56 bits per heavy atom. The number of ether oxygens (including phenoxy) is 2. The molecular weight excluding hydrogens is 318 g/mol. The first-order valence-electron chi connectivity index (χ1n) is 8.49. The maximum Gasteiger partial charge on any atom is 0.142 e. The largest absolute Gasteiger partial charge is 0.495 e. The maximum absolute atomic E-state index is 5.48. The van der Waals surface area contributed by atoms with Gasteiger partial charge in [-0.3, -0.25) is 0 Å². The summed E-state index contributed by atoms with van der Waals surface area (Å²) in [5, 5.41) is 3.25. The van der Waals surface area contributed by atoms with Crippen LogP contribution in [0.2, 0.25) is 0 Å². The second kappa shape index (κ2) is 8.53. The predicted octanol–water partition coefficient (Wildman–Crippen LogP) is 1.87. The van der Waals surface area contributed by atoms with E-state index in [2.05, 4.69) is 31.2 Å². The highest BCUT2D eigenvalue weighted by molar-refractivity contribution is 5.59. The van der Waals surface area contributed by atoms with Crippen LogP contribution < -0.4 is 19.9 Å². The van der Waals surface area contributed by atoms with Crippen LogP contribution in [0.4, 0.5) is 17.3 Å². The average Bonchev–Trinajstić information content (AvgIpc) is 2.68. The minimum atomic E-state index is 0.650. The molecule has 1 N–H and O–H groups in total. The Morgan fingerprint density at radius 1 is 1.04 bits per heavy atom. The lowest BCUT2D eigenvalue weighted by Crippen LogP contribution is -2.47. The van der Waals surface area contributed by atoms with E-state index in [1.54, 1.807) is 20.5 Å². The molecule has 7 nitrogen and oxygen atoms in total. The molecule has 134 valence electrons. The number of anilines is 3. The molecule has 1 aliphatic heterocycles. The van der Waals surface area contributed by atoms with Crippen LogP contribution >= 0.6 is 0 Å². The van der Waals surface area contributed by atoms with Crippen molar-refractivity contribution in [3.8, 4) is 5.75 Å². The summed E-state index contributed by atoms with van der Waals surface area (Å²) in [5.74, 6) is 2.70. The summed E-state index contributed by atoms with van der Waals surface area (Å²) >= 11 is 0. The Hall–Kier alpha value is -2.54. The number of methoxy groups -OCH3 is 2. The quantitative estimate of drug-likeness (QED) is 0.770. The third kappa shape index (κ3) is 4.30. The molecule has 2 aromatic rings. The second-order valence-electron chi connectivity index (χ2n) is 5.83. The number of hydrogen-bond acceptors (Lipinski definition) is 7. The summed E-state index contributed by atoms with van der Waals surface area (Å²) in [5.41, 5.74) is 1.15. The molecule has 1 aromatic carbocycles. The molecule has 0 bridgehead atoms. The molecule has 0 saturated carbocycles. The van der Waals surface area contributed by atoms with Gasteiger partial charge in [0.25, 0.3) is 0 Å². The van der Waals surface area contributed by atoms with Crippen molar-refractivity contribution in [3.63, 3.8) is 0 Å². The molecule has 0 aliphatic carbocycles. The minimum Gasteiger partial charge on any atom is -0.495 e. The fraction of sp³-hybridized carbons (Fsp3) is 0.444. The van der Waals surface area contributed by atoms with Gasteiger partial charge < -0.3 is 24.6 Å². The molecule has 0 radical (unpaired) electrons. The number of hydrogen-bond donors (Lipinski definition) is 1. The number of para-hydroxylation sites is 2. The van der Waals surface area contributed by atoms with Crippen molar-refractivity contribution in [2.24, 2.45) is 0 Å². The SMILES string of the molecule is COCCNc1cc(N2CCN(c3ccccc3OC)CC2)ncn1. The third-order valence-corrected chi connectivity index (χ3v) is 4.29. The monoisotopic (exact) mass is 343 g/mol. The standard InChI is InChI=1S/C18H25N5O2/c1-24-12-7-19-17-13-18(21-14-20-17)23-10-8-22(9-11-23)15-5-3-4-6-16(15)25-2/h3-6,13-14H,7-12H2,1-2H3,(H,19,20,21). The number of rotatable bonds is 7. The van der Waals surface area contributed by atoms with Crippen LogP contribution in [0, 0.1) is 0 Å². The van der Waals surface area contributed by atoms with Crippen molar-refractivity contribution in [3.05, 3.63) is 36.7 Å². The summed E-state index contributed by atoms with van der Waals surface area (Å²) in [6.07, 6.45) is 1.61. The first-order chi connectivity index (χ1) is 12.3. The van der Waals surface area contributed by atoms with Gasteiger partial charge in [0.15, 0.2) is 0 Å². The van der Waals surface area contributed by atoms with E-state index in [9.17, 15) is 0 Å². The highest BCUT2D eigenvalue weighted by Gasteiger charge is 2.20. The van der Waals surface area contributed by atoms with Gasteiger partial charge >= 0.3 is 0 Å². The highest BCUT2D eigenvalue weighted by Crippen LogP contribution is 2.29. The molecule has 1 aromatic heterocycles. The van der Waals surface area contributed by atoms with Crippen molar-refractivity contribution >= 4 is 17.3 Å². The normalized spacial score (nSPS) is 14.5. The molecule has 2 heterocycles. The van der Waals surface area contributed by atoms with E-state index < -0.39 is 0 Å². The highest BCUT2D eigenvalue weighted by atomic mass is 16.5. The predicted molar refractivity (Wildman–Crippen MR) is 99.8 cm³/mol. The Bertz CT molecular complexity index is 674. The van der Waals surface area contributed by atoms with Gasteiger partial charge in [0.05, 0.1) is 19.4 Å². The first-order valence-corrected chi connectivity index (χ1v) is 8.49. The van der Waals surface area contributed by atoms with Crippen LogP contribution in [0.15, 0.2) is 36.7 Å². The number of nitrogens with zero attached hydrogens (tertiary/aromatic N) is 4. The molecule has 1 aliphatic rings. The summed E-state index contributed by atoms with van der Waals surface area (Å²) in [6.45, 7) is 5.05. The molecule has 1 fully saturated rings. The molecule has 0 spiro atoms. The first kappa shape index (κ1) is 17.3. The van der Waals surface area contributed by atoms with Gasteiger partial charge in [0.1, 0.15) is 23.7 Å². The number of piperazine rings is 1.